The summed E-state index contributed by atoms with van der Waals surface area (Å²) in [6.07, 6.45) is 1.43. The largest absolute Gasteiger partial charge is 0.399 e. The fourth-order valence-electron chi connectivity index (χ4n) is 1.92. The van der Waals surface area contributed by atoms with Gasteiger partial charge in [-0.2, -0.15) is 0 Å². The first-order chi connectivity index (χ1) is 7.29. The molecule has 1 aliphatic rings. The number of nitrogen functional groups attached to an aromatic ring is 1. The van der Waals surface area contributed by atoms with Crippen LogP contribution in [0.25, 0.3) is 0 Å². The highest BCUT2D eigenvalue weighted by molar-refractivity contribution is 5.56. The van der Waals surface area contributed by atoms with E-state index in [1.54, 1.807) is 0 Å². The van der Waals surface area contributed by atoms with Gasteiger partial charge in [0.15, 0.2) is 0 Å². The average Bonchev–Trinajstić information content (AvgIpc) is 2.29. The van der Waals surface area contributed by atoms with Gasteiger partial charge >= 0.3 is 0 Å². The molecule has 0 radical (unpaired) electrons. The fourth-order valence-corrected chi connectivity index (χ4v) is 1.92. The van der Waals surface area contributed by atoms with Crippen molar-refractivity contribution < 1.29 is 4.74 Å². The SMILES string of the molecule is CCC1CN(c2cccc(N)c2)CCO1. The van der Waals surface area contributed by atoms with Crippen LogP contribution in [0.5, 0.6) is 0 Å². The number of hydrogen-bond donors (Lipinski definition) is 1. The number of anilines is 2. The van der Waals surface area contributed by atoms with Gasteiger partial charge in [0.25, 0.3) is 0 Å². The van der Waals surface area contributed by atoms with E-state index in [2.05, 4.69) is 17.9 Å². The minimum atomic E-state index is 0.361. The van der Waals surface area contributed by atoms with Crippen molar-refractivity contribution in [2.45, 2.75) is 19.4 Å². The molecule has 82 valence electrons. The molecule has 0 aliphatic carbocycles. The van der Waals surface area contributed by atoms with Crippen molar-refractivity contribution in [1.82, 2.24) is 0 Å². The minimum Gasteiger partial charge on any atom is -0.399 e. The van der Waals surface area contributed by atoms with Gasteiger partial charge in [0.2, 0.25) is 0 Å². The first kappa shape index (κ1) is 10.3. The van der Waals surface area contributed by atoms with Crippen LogP contribution in [0.4, 0.5) is 11.4 Å². The molecule has 3 nitrogen and oxygen atoms in total. The molecule has 2 N–H and O–H groups in total. The van der Waals surface area contributed by atoms with Gasteiger partial charge in [0.1, 0.15) is 0 Å². The second-order valence-electron chi connectivity index (χ2n) is 3.94. The third kappa shape index (κ3) is 2.42. The van der Waals surface area contributed by atoms with Crippen molar-refractivity contribution >= 4 is 11.4 Å². The van der Waals surface area contributed by atoms with E-state index in [0.29, 0.717) is 6.10 Å². The van der Waals surface area contributed by atoms with Crippen LogP contribution in [0.3, 0.4) is 0 Å². The van der Waals surface area contributed by atoms with Crippen LogP contribution in [0, 0.1) is 0 Å². The summed E-state index contributed by atoms with van der Waals surface area (Å²) in [4.78, 5) is 2.34. The second kappa shape index (κ2) is 4.53. The monoisotopic (exact) mass is 206 g/mol. The fraction of sp³-hybridized carbons (Fsp3) is 0.500. The van der Waals surface area contributed by atoms with Gasteiger partial charge in [-0.25, -0.2) is 0 Å². The molecule has 1 heterocycles. The zero-order valence-corrected chi connectivity index (χ0v) is 9.15. The summed E-state index contributed by atoms with van der Waals surface area (Å²) in [6, 6.07) is 8.05. The molecule has 1 unspecified atom stereocenters. The Bertz CT molecular complexity index is 327. The minimum absolute atomic E-state index is 0.361. The molecule has 0 amide bonds. The molecular weight excluding hydrogens is 188 g/mol. The molecule has 0 bridgehead atoms. The third-order valence-electron chi connectivity index (χ3n) is 2.83. The van der Waals surface area contributed by atoms with Gasteiger partial charge in [-0.3, -0.25) is 0 Å². The number of hydrogen-bond acceptors (Lipinski definition) is 3. The summed E-state index contributed by atoms with van der Waals surface area (Å²) >= 11 is 0. The van der Waals surface area contributed by atoms with Gasteiger partial charge in [-0.15, -0.1) is 0 Å². The van der Waals surface area contributed by atoms with E-state index >= 15 is 0 Å². The summed E-state index contributed by atoms with van der Waals surface area (Å²) in [5, 5.41) is 0. The Morgan fingerprint density at radius 2 is 2.40 bits per heavy atom. The van der Waals surface area contributed by atoms with E-state index in [9.17, 15) is 0 Å². The molecule has 0 aromatic heterocycles. The van der Waals surface area contributed by atoms with Crippen LogP contribution >= 0.6 is 0 Å². The van der Waals surface area contributed by atoms with E-state index in [1.165, 1.54) is 5.69 Å². The molecule has 1 atom stereocenters. The lowest BCUT2D eigenvalue weighted by molar-refractivity contribution is 0.0384. The molecule has 1 aromatic rings. The molecule has 1 aliphatic heterocycles. The van der Waals surface area contributed by atoms with Gasteiger partial charge in [-0.1, -0.05) is 13.0 Å². The zero-order valence-electron chi connectivity index (χ0n) is 9.15. The van der Waals surface area contributed by atoms with Crippen LogP contribution in [0.2, 0.25) is 0 Å². The van der Waals surface area contributed by atoms with Gasteiger partial charge in [-0.05, 0) is 24.6 Å². The Morgan fingerprint density at radius 1 is 1.53 bits per heavy atom. The Morgan fingerprint density at radius 3 is 3.13 bits per heavy atom. The molecule has 0 saturated carbocycles. The number of ether oxygens (including phenoxy) is 1. The number of morpholine rings is 1. The summed E-state index contributed by atoms with van der Waals surface area (Å²) < 4.78 is 5.64. The zero-order chi connectivity index (χ0) is 10.7. The van der Waals surface area contributed by atoms with Crippen LogP contribution in [-0.2, 0) is 4.74 Å². The molecule has 1 saturated heterocycles. The van der Waals surface area contributed by atoms with Crippen molar-refractivity contribution in [2.24, 2.45) is 0 Å². The molecule has 1 aromatic carbocycles. The number of nitrogens with two attached hydrogens (primary N) is 1. The smallest absolute Gasteiger partial charge is 0.0748 e. The topological polar surface area (TPSA) is 38.5 Å². The lowest BCUT2D eigenvalue weighted by Crippen LogP contribution is -2.42. The predicted molar refractivity (Wildman–Crippen MR) is 63.1 cm³/mol. The lowest BCUT2D eigenvalue weighted by atomic mass is 10.2. The van der Waals surface area contributed by atoms with Crippen LogP contribution in [0.15, 0.2) is 24.3 Å². The van der Waals surface area contributed by atoms with Crippen molar-refractivity contribution in [1.29, 1.82) is 0 Å². The molecule has 15 heavy (non-hydrogen) atoms. The number of nitrogens with zero attached hydrogens (tertiary/aromatic N) is 1. The highest BCUT2D eigenvalue weighted by Gasteiger charge is 2.18. The normalized spacial score (nSPS) is 21.7. The number of rotatable bonds is 2. The van der Waals surface area contributed by atoms with Crippen LogP contribution < -0.4 is 10.6 Å². The van der Waals surface area contributed by atoms with Crippen molar-refractivity contribution in [2.75, 3.05) is 30.3 Å². The number of benzene rings is 1. The van der Waals surface area contributed by atoms with E-state index in [-0.39, 0.29) is 0 Å². The van der Waals surface area contributed by atoms with Crippen molar-refractivity contribution in [3.8, 4) is 0 Å². The molecule has 1 fully saturated rings. The van der Waals surface area contributed by atoms with E-state index in [1.807, 2.05) is 18.2 Å². The lowest BCUT2D eigenvalue weighted by Gasteiger charge is -2.34. The maximum absolute atomic E-state index is 5.77. The van der Waals surface area contributed by atoms with Crippen molar-refractivity contribution in [3.63, 3.8) is 0 Å². The molecular formula is C12H18N2O. The summed E-state index contributed by atoms with van der Waals surface area (Å²) in [5.41, 5.74) is 7.81. The van der Waals surface area contributed by atoms with Gasteiger partial charge in [0, 0.05) is 24.5 Å². The first-order valence-electron chi connectivity index (χ1n) is 5.51. The van der Waals surface area contributed by atoms with E-state index < -0.39 is 0 Å². The van der Waals surface area contributed by atoms with E-state index in [0.717, 1.165) is 31.8 Å². The molecule has 0 spiro atoms. The van der Waals surface area contributed by atoms with Crippen molar-refractivity contribution in [3.05, 3.63) is 24.3 Å². The Balaban J connectivity index is 2.09. The van der Waals surface area contributed by atoms with Gasteiger partial charge in [0.05, 0.1) is 12.7 Å². The predicted octanol–water partition coefficient (Wildman–Crippen LogP) is 1.88. The second-order valence-corrected chi connectivity index (χ2v) is 3.94. The summed E-state index contributed by atoms with van der Waals surface area (Å²) in [5.74, 6) is 0. The highest BCUT2D eigenvalue weighted by Crippen LogP contribution is 2.20. The Labute approximate surface area is 90.8 Å². The highest BCUT2D eigenvalue weighted by atomic mass is 16.5. The Kier molecular flexibility index (Phi) is 3.11. The first-order valence-corrected chi connectivity index (χ1v) is 5.51. The quantitative estimate of drug-likeness (QED) is 0.751. The Hall–Kier alpha value is -1.22. The molecule has 3 heteroatoms. The maximum Gasteiger partial charge on any atom is 0.0748 e. The van der Waals surface area contributed by atoms with Crippen LogP contribution in [0.1, 0.15) is 13.3 Å². The summed E-state index contributed by atoms with van der Waals surface area (Å²) in [6.45, 7) is 4.90. The standard InChI is InChI=1S/C12H18N2O/c1-2-12-9-14(6-7-15-12)11-5-3-4-10(13)8-11/h3-5,8,12H,2,6-7,9,13H2,1H3. The van der Waals surface area contributed by atoms with Gasteiger partial charge < -0.3 is 15.4 Å². The third-order valence-corrected chi connectivity index (χ3v) is 2.83. The maximum atomic E-state index is 5.77. The van der Waals surface area contributed by atoms with Crippen LogP contribution in [-0.4, -0.2) is 25.8 Å². The molecule has 2 rings (SSSR count). The van der Waals surface area contributed by atoms with E-state index in [4.69, 9.17) is 10.5 Å². The average molecular weight is 206 g/mol. The summed E-state index contributed by atoms with van der Waals surface area (Å²) in [7, 11) is 0.